The third-order valence-electron chi connectivity index (χ3n) is 6.27. The molecule has 1 aliphatic heterocycles. The molecule has 0 saturated carbocycles. The van der Waals surface area contributed by atoms with Crippen molar-refractivity contribution in [2.24, 2.45) is 11.1 Å². The van der Waals surface area contributed by atoms with E-state index in [0.29, 0.717) is 19.6 Å². The van der Waals surface area contributed by atoms with Crippen LogP contribution in [0, 0.1) is 5.41 Å². The Bertz CT molecular complexity index is 896. The first-order valence-corrected chi connectivity index (χ1v) is 11.8. The number of likely N-dealkylation sites (tertiary alicyclic amines) is 1. The minimum absolute atomic E-state index is 0.0364. The Morgan fingerprint density at radius 1 is 1.06 bits per heavy atom. The molecular formula is C27H37N3O3. The largest absolute Gasteiger partial charge is 0.445 e. The van der Waals surface area contributed by atoms with Crippen molar-refractivity contribution in [3.8, 4) is 0 Å². The van der Waals surface area contributed by atoms with Crippen molar-refractivity contribution in [2.75, 3.05) is 19.6 Å². The standard InChI is InChI=1S/C27H37N3O3/c1-27(2,3)24(28)25(31)30-17-10-15-23(30)19-29(18-16-21-11-6-4-7-12-21)26(32)33-20-22-13-8-5-9-14-22/h4-9,11-14,23-24H,10,15-20,28H2,1-3H3/t23-,24+/m0/s1. The number of hydrogen-bond acceptors (Lipinski definition) is 4. The van der Waals surface area contributed by atoms with Crippen LogP contribution in [0.1, 0.15) is 44.7 Å². The van der Waals surface area contributed by atoms with E-state index in [0.717, 1.165) is 30.4 Å². The third kappa shape index (κ3) is 7.06. The highest BCUT2D eigenvalue weighted by Gasteiger charge is 2.37. The highest BCUT2D eigenvalue weighted by Crippen LogP contribution is 2.25. The molecule has 0 radical (unpaired) electrons. The zero-order valence-electron chi connectivity index (χ0n) is 20.1. The second-order valence-electron chi connectivity index (χ2n) is 9.89. The predicted molar refractivity (Wildman–Crippen MR) is 131 cm³/mol. The first-order valence-electron chi connectivity index (χ1n) is 11.8. The van der Waals surface area contributed by atoms with Gasteiger partial charge in [-0.15, -0.1) is 0 Å². The summed E-state index contributed by atoms with van der Waals surface area (Å²) in [6.45, 7) is 7.82. The minimum atomic E-state index is -0.569. The molecule has 0 bridgehead atoms. The monoisotopic (exact) mass is 451 g/mol. The molecule has 3 rings (SSSR count). The van der Waals surface area contributed by atoms with Crippen molar-refractivity contribution in [3.63, 3.8) is 0 Å². The fourth-order valence-corrected chi connectivity index (χ4v) is 4.10. The van der Waals surface area contributed by atoms with Gasteiger partial charge in [-0.1, -0.05) is 81.4 Å². The Balaban J connectivity index is 1.69. The van der Waals surface area contributed by atoms with Crippen molar-refractivity contribution in [3.05, 3.63) is 71.8 Å². The van der Waals surface area contributed by atoms with Crippen molar-refractivity contribution >= 4 is 12.0 Å². The van der Waals surface area contributed by atoms with Crippen molar-refractivity contribution in [1.82, 2.24) is 9.80 Å². The van der Waals surface area contributed by atoms with Gasteiger partial charge < -0.3 is 20.3 Å². The molecule has 0 unspecified atom stereocenters. The van der Waals surface area contributed by atoms with Gasteiger partial charge >= 0.3 is 6.09 Å². The van der Waals surface area contributed by atoms with E-state index < -0.39 is 6.04 Å². The van der Waals surface area contributed by atoms with Crippen molar-refractivity contribution in [1.29, 1.82) is 0 Å². The molecule has 1 aliphatic rings. The van der Waals surface area contributed by atoms with E-state index in [4.69, 9.17) is 10.5 Å². The number of nitrogens with zero attached hydrogens (tertiary/aromatic N) is 2. The second kappa shape index (κ2) is 11.3. The fraction of sp³-hybridized carbons (Fsp3) is 0.481. The smallest absolute Gasteiger partial charge is 0.410 e. The number of rotatable bonds is 8. The summed E-state index contributed by atoms with van der Waals surface area (Å²) in [6, 6.07) is 19.1. The number of hydrogen-bond donors (Lipinski definition) is 1. The molecule has 2 N–H and O–H groups in total. The average Bonchev–Trinajstić information content (AvgIpc) is 3.28. The Kier molecular flexibility index (Phi) is 8.50. The van der Waals surface area contributed by atoms with Crippen LogP contribution in [0.3, 0.4) is 0 Å². The van der Waals surface area contributed by atoms with E-state index in [1.54, 1.807) is 4.90 Å². The van der Waals surface area contributed by atoms with Crippen LogP contribution >= 0.6 is 0 Å². The summed E-state index contributed by atoms with van der Waals surface area (Å²) in [5.74, 6) is -0.0364. The van der Waals surface area contributed by atoms with Gasteiger partial charge in [0.05, 0.1) is 6.04 Å². The maximum atomic E-state index is 13.1. The minimum Gasteiger partial charge on any atom is -0.445 e. The molecule has 0 aliphatic carbocycles. The molecule has 6 nitrogen and oxygen atoms in total. The Morgan fingerprint density at radius 3 is 2.27 bits per heavy atom. The lowest BCUT2D eigenvalue weighted by atomic mass is 9.86. The van der Waals surface area contributed by atoms with Gasteiger partial charge in [0.2, 0.25) is 5.91 Å². The van der Waals surface area contributed by atoms with Gasteiger partial charge in [-0.05, 0) is 35.8 Å². The molecule has 0 spiro atoms. The number of amides is 2. The quantitative estimate of drug-likeness (QED) is 0.652. The summed E-state index contributed by atoms with van der Waals surface area (Å²) >= 11 is 0. The Labute approximate surface area is 197 Å². The molecular weight excluding hydrogens is 414 g/mol. The summed E-state index contributed by atoms with van der Waals surface area (Å²) < 4.78 is 5.65. The molecule has 1 heterocycles. The van der Waals surface area contributed by atoms with Gasteiger partial charge in [-0.3, -0.25) is 4.79 Å². The van der Waals surface area contributed by atoms with Crippen LogP contribution in [-0.2, 0) is 22.6 Å². The van der Waals surface area contributed by atoms with E-state index in [1.165, 1.54) is 0 Å². The number of ether oxygens (including phenoxy) is 1. The Hall–Kier alpha value is -2.86. The van der Waals surface area contributed by atoms with E-state index in [1.807, 2.05) is 74.2 Å². The van der Waals surface area contributed by atoms with Crippen LogP contribution in [0.4, 0.5) is 4.79 Å². The molecule has 0 aromatic heterocycles. The van der Waals surface area contributed by atoms with Crippen LogP contribution in [0.5, 0.6) is 0 Å². The SMILES string of the molecule is CC(C)(C)[C@H](N)C(=O)N1CCC[C@H]1CN(CCc1ccccc1)C(=O)OCc1ccccc1. The number of carbonyl (C=O) groups excluding carboxylic acids is 2. The van der Waals surface area contributed by atoms with E-state index in [-0.39, 0.29) is 30.1 Å². The third-order valence-corrected chi connectivity index (χ3v) is 6.27. The van der Waals surface area contributed by atoms with Crippen LogP contribution in [0.15, 0.2) is 60.7 Å². The molecule has 33 heavy (non-hydrogen) atoms. The predicted octanol–water partition coefficient (Wildman–Crippen LogP) is 4.23. The molecule has 2 aromatic carbocycles. The number of benzene rings is 2. The number of carbonyl (C=O) groups is 2. The lowest BCUT2D eigenvalue weighted by Crippen LogP contribution is -2.54. The molecule has 6 heteroatoms. The first-order chi connectivity index (χ1) is 15.8. The number of nitrogens with two attached hydrogens (primary N) is 1. The topological polar surface area (TPSA) is 75.9 Å². The van der Waals surface area contributed by atoms with Gasteiger partial charge in [0.1, 0.15) is 6.61 Å². The second-order valence-corrected chi connectivity index (χ2v) is 9.89. The van der Waals surface area contributed by atoms with Crippen molar-refractivity contribution < 1.29 is 14.3 Å². The van der Waals surface area contributed by atoms with E-state index in [9.17, 15) is 9.59 Å². The van der Waals surface area contributed by atoms with Crippen molar-refractivity contribution in [2.45, 2.75) is 58.7 Å². The van der Waals surface area contributed by atoms with Gasteiger partial charge in [0.15, 0.2) is 0 Å². The maximum Gasteiger partial charge on any atom is 0.410 e. The lowest BCUT2D eigenvalue weighted by molar-refractivity contribution is -0.136. The summed E-state index contributed by atoms with van der Waals surface area (Å²) in [5, 5.41) is 0. The van der Waals surface area contributed by atoms with Gasteiger partial charge in [0, 0.05) is 25.7 Å². The van der Waals surface area contributed by atoms with E-state index in [2.05, 4.69) is 12.1 Å². The van der Waals surface area contributed by atoms with Crippen LogP contribution in [0.2, 0.25) is 0 Å². The molecule has 2 amide bonds. The van der Waals surface area contributed by atoms with Gasteiger partial charge in [-0.2, -0.15) is 0 Å². The normalized spacial score (nSPS) is 17.0. The fourth-order valence-electron chi connectivity index (χ4n) is 4.10. The highest BCUT2D eigenvalue weighted by molar-refractivity contribution is 5.83. The first kappa shape index (κ1) is 24.8. The molecule has 1 saturated heterocycles. The zero-order chi connectivity index (χ0) is 23.8. The maximum absolute atomic E-state index is 13.1. The van der Waals surface area contributed by atoms with E-state index >= 15 is 0 Å². The molecule has 2 atom stereocenters. The molecule has 1 fully saturated rings. The van der Waals surface area contributed by atoms with Gasteiger partial charge in [-0.25, -0.2) is 4.79 Å². The summed E-state index contributed by atoms with van der Waals surface area (Å²) in [7, 11) is 0. The van der Waals surface area contributed by atoms with Crippen LogP contribution in [0.25, 0.3) is 0 Å². The molecule has 178 valence electrons. The summed E-state index contributed by atoms with van der Waals surface area (Å²) in [5.41, 5.74) is 8.07. The van der Waals surface area contributed by atoms with Crippen LogP contribution in [-0.4, -0.2) is 53.5 Å². The van der Waals surface area contributed by atoms with Gasteiger partial charge in [0.25, 0.3) is 0 Å². The summed E-state index contributed by atoms with van der Waals surface area (Å²) in [6.07, 6.45) is 2.15. The Morgan fingerprint density at radius 2 is 1.67 bits per heavy atom. The molecule has 2 aromatic rings. The highest BCUT2D eigenvalue weighted by atomic mass is 16.6. The lowest BCUT2D eigenvalue weighted by Gasteiger charge is -2.35. The average molecular weight is 452 g/mol. The summed E-state index contributed by atoms with van der Waals surface area (Å²) in [4.78, 5) is 29.8. The zero-order valence-corrected chi connectivity index (χ0v) is 20.1. The van der Waals surface area contributed by atoms with Crippen LogP contribution < -0.4 is 5.73 Å².